The normalized spacial score (nSPS) is 15.3. The number of hydrogen-bond acceptors (Lipinski definition) is 7. The highest BCUT2D eigenvalue weighted by atomic mass is 16.9. The van der Waals surface area contributed by atoms with Crippen molar-refractivity contribution in [3.63, 3.8) is 0 Å². The first-order chi connectivity index (χ1) is 12.1. The van der Waals surface area contributed by atoms with Crippen LogP contribution in [0.3, 0.4) is 0 Å². The van der Waals surface area contributed by atoms with Crippen molar-refractivity contribution in [3.05, 3.63) is 12.2 Å². The molecule has 2 atom stereocenters. The lowest BCUT2D eigenvalue weighted by atomic mass is 10.0. The average molecular weight is 373 g/mol. The van der Waals surface area contributed by atoms with Gasteiger partial charge in [-0.15, -0.1) is 0 Å². The zero-order valence-corrected chi connectivity index (χ0v) is 15.6. The molecule has 26 heavy (non-hydrogen) atoms. The highest BCUT2D eigenvalue weighted by molar-refractivity contribution is 6.12. The number of amides is 3. The number of carbonyl (C=O) groups excluding carboxylic acids is 3. The summed E-state index contributed by atoms with van der Waals surface area (Å²) in [4.78, 5) is 53.5. The van der Waals surface area contributed by atoms with Crippen LogP contribution in [0, 0.1) is 5.92 Å². The summed E-state index contributed by atoms with van der Waals surface area (Å²) in [6.45, 7) is 9.34. The van der Waals surface area contributed by atoms with E-state index in [4.69, 9.17) is 14.8 Å². The van der Waals surface area contributed by atoms with Crippen molar-refractivity contribution in [1.82, 2.24) is 15.9 Å². The van der Waals surface area contributed by atoms with Crippen LogP contribution in [0.4, 0.5) is 0 Å². The number of carboxylic acid groups (broad SMARTS) is 1. The number of hydroxylamine groups is 2. The molecule has 3 N–H and O–H groups in total. The van der Waals surface area contributed by atoms with Crippen molar-refractivity contribution >= 4 is 23.7 Å². The Hall–Kier alpha value is -2.30. The molecule has 2 unspecified atom stereocenters. The number of carbonyl (C=O) groups is 4. The fourth-order valence-electron chi connectivity index (χ4n) is 1.81. The molecule has 1 rings (SSSR count). The van der Waals surface area contributed by atoms with Gasteiger partial charge in [0.1, 0.15) is 12.1 Å². The van der Waals surface area contributed by atoms with Crippen molar-refractivity contribution in [3.8, 4) is 0 Å². The van der Waals surface area contributed by atoms with Crippen molar-refractivity contribution in [2.45, 2.75) is 46.7 Å². The minimum atomic E-state index is -1.09. The number of imide groups is 1. The van der Waals surface area contributed by atoms with Gasteiger partial charge in [-0.05, 0) is 26.7 Å². The quantitative estimate of drug-likeness (QED) is 0.380. The molecule has 3 amide bonds. The number of rotatable bonds is 9. The maximum Gasteiger partial charge on any atom is 0.325 e. The SMILES string of the molecule is CCON(OCC)C(C(=O)NC(C)C(=O)O)C(C)C.O=C1C=CC(=O)N1. The Kier molecular flexibility index (Phi) is 11.0. The average Bonchev–Trinajstić information content (AvgIpc) is 2.91. The number of hydrogen-bond donors (Lipinski definition) is 3. The van der Waals surface area contributed by atoms with Crippen molar-refractivity contribution in [2.24, 2.45) is 5.92 Å². The second-order valence-electron chi connectivity index (χ2n) is 5.57. The molecule has 1 aliphatic rings. The van der Waals surface area contributed by atoms with Crippen LogP contribution in [0.25, 0.3) is 0 Å². The summed E-state index contributed by atoms with van der Waals surface area (Å²) in [5.41, 5.74) is 0. The lowest BCUT2D eigenvalue weighted by molar-refractivity contribution is -0.383. The van der Waals surface area contributed by atoms with Gasteiger partial charge in [0, 0.05) is 12.2 Å². The molecule has 10 heteroatoms. The topological polar surface area (TPSA) is 134 Å². The largest absolute Gasteiger partial charge is 0.480 e. The summed E-state index contributed by atoms with van der Waals surface area (Å²) in [5, 5.41) is 14.4. The predicted octanol–water partition coefficient (Wildman–Crippen LogP) is 0.00430. The highest BCUT2D eigenvalue weighted by Gasteiger charge is 2.32. The fraction of sp³-hybridized carbons (Fsp3) is 0.625. The van der Waals surface area contributed by atoms with E-state index in [2.05, 4.69) is 5.32 Å². The first-order valence-electron chi connectivity index (χ1n) is 8.25. The summed E-state index contributed by atoms with van der Waals surface area (Å²) in [7, 11) is 0. The van der Waals surface area contributed by atoms with Gasteiger partial charge in [0.25, 0.3) is 11.8 Å². The lowest BCUT2D eigenvalue weighted by Gasteiger charge is -2.30. The van der Waals surface area contributed by atoms with Crippen LogP contribution in [-0.2, 0) is 28.9 Å². The van der Waals surface area contributed by atoms with Gasteiger partial charge in [-0.3, -0.25) is 34.2 Å². The van der Waals surface area contributed by atoms with Crippen LogP contribution in [0.15, 0.2) is 12.2 Å². The first kappa shape index (κ1) is 23.7. The molecule has 0 aromatic rings. The summed E-state index contributed by atoms with van der Waals surface area (Å²) in [6, 6.07) is -1.67. The maximum atomic E-state index is 12.1. The van der Waals surface area contributed by atoms with E-state index in [9.17, 15) is 19.2 Å². The van der Waals surface area contributed by atoms with E-state index in [1.165, 1.54) is 19.1 Å². The van der Waals surface area contributed by atoms with Crippen molar-refractivity contribution < 1.29 is 34.0 Å². The zero-order valence-electron chi connectivity index (χ0n) is 15.6. The Bertz CT molecular complexity index is 512. The van der Waals surface area contributed by atoms with Gasteiger partial charge < -0.3 is 10.4 Å². The summed E-state index contributed by atoms with van der Waals surface area (Å²) >= 11 is 0. The van der Waals surface area contributed by atoms with Crippen molar-refractivity contribution in [2.75, 3.05) is 13.2 Å². The van der Waals surface area contributed by atoms with Crippen LogP contribution in [-0.4, -0.2) is 59.3 Å². The smallest absolute Gasteiger partial charge is 0.325 e. The third-order valence-electron chi connectivity index (χ3n) is 3.00. The molecule has 148 valence electrons. The number of nitrogens with one attached hydrogen (secondary N) is 2. The van der Waals surface area contributed by atoms with Gasteiger partial charge >= 0.3 is 5.97 Å². The summed E-state index contributed by atoms with van der Waals surface area (Å²) in [5.74, 6) is -2.28. The third-order valence-corrected chi connectivity index (χ3v) is 3.00. The second kappa shape index (κ2) is 12.1. The fourth-order valence-corrected chi connectivity index (χ4v) is 1.81. The third kappa shape index (κ3) is 8.70. The van der Waals surface area contributed by atoms with E-state index < -0.39 is 24.0 Å². The Morgan fingerprint density at radius 3 is 1.85 bits per heavy atom. The van der Waals surface area contributed by atoms with Crippen LogP contribution in [0.1, 0.15) is 34.6 Å². The molecule has 0 aromatic carbocycles. The number of aliphatic carboxylic acids is 1. The first-order valence-corrected chi connectivity index (χ1v) is 8.25. The van der Waals surface area contributed by atoms with Crippen LogP contribution < -0.4 is 10.6 Å². The van der Waals surface area contributed by atoms with Crippen LogP contribution in [0.2, 0.25) is 0 Å². The van der Waals surface area contributed by atoms with E-state index in [-0.39, 0.29) is 17.7 Å². The van der Waals surface area contributed by atoms with Crippen LogP contribution in [0.5, 0.6) is 0 Å². The molecule has 0 fully saturated rings. The highest BCUT2D eigenvalue weighted by Crippen LogP contribution is 2.13. The maximum absolute atomic E-state index is 12.1. The molecule has 1 heterocycles. The van der Waals surface area contributed by atoms with Gasteiger partial charge in [0.05, 0.1) is 13.2 Å². The lowest BCUT2D eigenvalue weighted by Crippen LogP contribution is -2.53. The van der Waals surface area contributed by atoms with E-state index in [1.807, 2.05) is 19.2 Å². The summed E-state index contributed by atoms with van der Waals surface area (Å²) < 4.78 is 0. The standard InChI is InChI=1S/C12H24N2O5.C4H3NO2/c1-6-18-14(19-7-2)10(8(3)4)11(15)13-9(5)12(16)17;6-3-1-2-4(7)5-3/h8-10H,6-7H2,1-5H3,(H,13,15)(H,16,17);1-2H,(H,5,6,7). The van der Waals surface area contributed by atoms with Crippen LogP contribution >= 0.6 is 0 Å². The van der Waals surface area contributed by atoms with E-state index in [0.29, 0.717) is 13.2 Å². The number of nitrogens with zero attached hydrogens (tertiary/aromatic N) is 1. The molecule has 0 aromatic heterocycles. The predicted molar refractivity (Wildman–Crippen MR) is 91.2 cm³/mol. The molecule has 1 aliphatic heterocycles. The number of carboxylic acids is 1. The summed E-state index contributed by atoms with van der Waals surface area (Å²) in [6.07, 6.45) is 2.39. The van der Waals surface area contributed by atoms with Gasteiger partial charge in [0.15, 0.2) is 0 Å². The van der Waals surface area contributed by atoms with Gasteiger partial charge in [-0.2, -0.15) is 0 Å². The Morgan fingerprint density at radius 1 is 1.12 bits per heavy atom. The van der Waals surface area contributed by atoms with E-state index in [1.54, 1.807) is 13.8 Å². The zero-order chi connectivity index (χ0) is 20.3. The van der Waals surface area contributed by atoms with Gasteiger partial charge in [-0.25, -0.2) is 0 Å². The van der Waals surface area contributed by atoms with Gasteiger partial charge in [-0.1, -0.05) is 19.1 Å². The minimum absolute atomic E-state index is 0.0981. The molecule has 0 saturated heterocycles. The Balaban J connectivity index is 0.000000735. The molecule has 0 aliphatic carbocycles. The molecule has 0 spiro atoms. The minimum Gasteiger partial charge on any atom is -0.480 e. The van der Waals surface area contributed by atoms with E-state index in [0.717, 1.165) is 5.23 Å². The molecular weight excluding hydrogens is 346 g/mol. The van der Waals surface area contributed by atoms with Gasteiger partial charge in [0.2, 0.25) is 5.91 Å². The molecule has 10 nitrogen and oxygen atoms in total. The molecular formula is C16H27N3O7. The van der Waals surface area contributed by atoms with Crippen molar-refractivity contribution in [1.29, 1.82) is 0 Å². The Labute approximate surface area is 152 Å². The van der Waals surface area contributed by atoms with E-state index >= 15 is 0 Å². The Morgan fingerprint density at radius 2 is 1.58 bits per heavy atom. The molecule has 0 saturated carbocycles. The monoisotopic (exact) mass is 373 g/mol. The molecule has 0 radical (unpaired) electrons. The second-order valence-corrected chi connectivity index (χ2v) is 5.57. The molecule has 0 bridgehead atoms.